The van der Waals surface area contributed by atoms with Crippen LogP contribution in [0.1, 0.15) is 32.4 Å². The van der Waals surface area contributed by atoms with Crippen LogP contribution in [-0.2, 0) is 6.61 Å². The second-order valence-corrected chi connectivity index (χ2v) is 7.96. The second-order valence-electron chi connectivity index (χ2n) is 6.90. The summed E-state index contributed by atoms with van der Waals surface area (Å²) >= 11 is 1.60. The number of carbonyl (C=O) groups excluding carboxylic acids is 1. The Morgan fingerprint density at radius 1 is 1.13 bits per heavy atom. The van der Waals surface area contributed by atoms with Crippen molar-refractivity contribution in [1.29, 1.82) is 0 Å². The van der Waals surface area contributed by atoms with Crippen molar-refractivity contribution in [1.82, 2.24) is 10.1 Å². The number of amides is 1. The summed E-state index contributed by atoms with van der Waals surface area (Å²) in [5.74, 6) is 1.24. The zero-order chi connectivity index (χ0) is 21.1. The van der Waals surface area contributed by atoms with Gasteiger partial charge in [-0.3, -0.25) is 4.79 Å². The standard InChI is InChI=1S/C23H21N3O3S/c1-14-21(15(2)29-26-14)12-28-20-9-7-17(8-10-20)23(27)25-19-6-4-5-18(11-19)22-13-30-16(3)24-22/h4-11,13H,12H2,1-3H3,(H,25,27). The van der Waals surface area contributed by atoms with E-state index in [9.17, 15) is 4.79 Å². The maximum Gasteiger partial charge on any atom is 0.255 e. The molecule has 2 heterocycles. The molecule has 0 saturated heterocycles. The molecule has 1 amide bonds. The van der Waals surface area contributed by atoms with E-state index in [4.69, 9.17) is 9.26 Å². The van der Waals surface area contributed by atoms with Gasteiger partial charge in [0, 0.05) is 22.2 Å². The first kappa shape index (κ1) is 19.8. The molecule has 0 aliphatic heterocycles. The van der Waals surface area contributed by atoms with E-state index in [1.165, 1.54) is 0 Å². The summed E-state index contributed by atoms with van der Waals surface area (Å²) in [5.41, 5.74) is 4.91. The van der Waals surface area contributed by atoms with Gasteiger partial charge in [-0.1, -0.05) is 17.3 Å². The van der Waals surface area contributed by atoms with Crippen LogP contribution >= 0.6 is 11.3 Å². The summed E-state index contributed by atoms with van der Waals surface area (Å²) in [7, 11) is 0. The number of aromatic nitrogens is 2. The minimum absolute atomic E-state index is 0.182. The molecule has 0 atom stereocenters. The zero-order valence-corrected chi connectivity index (χ0v) is 17.7. The molecule has 0 fully saturated rings. The lowest BCUT2D eigenvalue weighted by atomic mass is 10.1. The summed E-state index contributed by atoms with van der Waals surface area (Å²) in [5, 5.41) is 9.88. The number of hydrogen-bond acceptors (Lipinski definition) is 6. The van der Waals surface area contributed by atoms with Crippen molar-refractivity contribution in [3.63, 3.8) is 0 Å². The van der Waals surface area contributed by atoms with Gasteiger partial charge in [0.25, 0.3) is 5.91 Å². The summed E-state index contributed by atoms with van der Waals surface area (Å²) in [6, 6.07) is 14.7. The van der Waals surface area contributed by atoms with Crippen LogP contribution in [0.5, 0.6) is 5.75 Å². The number of rotatable bonds is 6. The van der Waals surface area contributed by atoms with Crippen LogP contribution in [0.4, 0.5) is 5.69 Å². The van der Waals surface area contributed by atoms with Gasteiger partial charge in [-0.15, -0.1) is 11.3 Å². The molecule has 7 heteroatoms. The van der Waals surface area contributed by atoms with E-state index >= 15 is 0 Å². The van der Waals surface area contributed by atoms with E-state index in [2.05, 4.69) is 15.5 Å². The van der Waals surface area contributed by atoms with Crippen LogP contribution in [0.3, 0.4) is 0 Å². The van der Waals surface area contributed by atoms with Gasteiger partial charge in [-0.05, 0) is 57.2 Å². The number of anilines is 1. The molecule has 2 aromatic heterocycles. The first-order valence-electron chi connectivity index (χ1n) is 9.48. The fourth-order valence-electron chi connectivity index (χ4n) is 3.02. The number of hydrogen-bond donors (Lipinski definition) is 1. The van der Waals surface area contributed by atoms with Crippen molar-refractivity contribution >= 4 is 22.9 Å². The lowest BCUT2D eigenvalue weighted by Gasteiger charge is -2.09. The predicted molar refractivity (Wildman–Crippen MR) is 117 cm³/mol. The molecule has 1 N–H and O–H groups in total. The predicted octanol–water partition coefficient (Wildman–Crippen LogP) is 5.55. The zero-order valence-electron chi connectivity index (χ0n) is 16.9. The lowest BCUT2D eigenvalue weighted by molar-refractivity contribution is 0.102. The molecule has 0 unspecified atom stereocenters. The minimum atomic E-state index is -0.182. The van der Waals surface area contributed by atoms with E-state index < -0.39 is 0 Å². The molecule has 4 aromatic rings. The smallest absolute Gasteiger partial charge is 0.255 e. The normalized spacial score (nSPS) is 10.8. The van der Waals surface area contributed by atoms with Crippen LogP contribution in [0.2, 0.25) is 0 Å². The van der Waals surface area contributed by atoms with E-state index in [-0.39, 0.29) is 5.91 Å². The van der Waals surface area contributed by atoms with Gasteiger partial charge < -0.3 is 14.6 Å². The molecule has 6 nitrogen and oxygen atoms in total. The number of carbonyl (C=O) groups is 1. The fourth-order valence-corrected chi connectivity index (χ4v) is 3.64. The summed E-state index contributed by atoms with van der Waals surface area (Å²) in [6.07, 6.45) is 0. The minimum Gasteiger partial charge on any atom is -0.489 e. The molecule has 152 valence electrons. The lowest BCUT2D eigenvalue weighted by Crippen LogP contribution is -2.11. The molecule has 0 aliphatic rings. The number of nitrogens with zero attached hydrogens (tertiary/aromatic N) is 2. The van der Waals surface area contributed by atoms with E-state index in [1.807, 2.05) is 50.4 Å². The van der Waals surface area contributed by atoms with Crippen molar-refractivity contribution in [2.45, 2.75) is 27.4 Å². The summed E-state index contributed by atoms with van der Waals surface area (Å²) in [4.78, 5) is 17.1. The molecule has 0 radical (unpaired) electrons. The van der Waals surface area contributed by atoms with Crippen molar-refractivity contribution in [3.05, 3.63) is 81.5 Å². The fraction of sp³-hybridized carbons (Fsp3) is 0.174. The summed E-state index contributed by atoms with van der Waals surface area (Å²) in [6.45, 7) is 6.08. The molecule has 30 heavy (non-hydrogen) atoms. The monoisotopic (exact) mass is 419 g/mol. The van der Waals surface area contributed by atoms with Crippen LogP contribution in [0, 0.1) is 20.8 Å². The SMILES string of the molecule is Cc1nc(-c2cccc(NC(=O)c3ccc(OCc4c(C)noc4C)cc3)c2)cs1. The van der Waals surface area contributed by atoms with Gasteiger partial charge in [0.2, 0.25) is 0 Å². The van der Waals surface area contributed by atoms with Crippen molar-refractivity contribution in [2.75, 3.05) is 5.32 Å². The Labute approximate surface area is 178 Å². The van der Waals surface area contributed by atoms with E-state index in [0.29, 0.717) is 17.9 Å². The Hall–Kier alpha value is -3.45. The molecule has 0 saturated carbocycles. The van der Waals surface area contributed by atoms with Crippen molar-refractivity contribution in [3.8, 4) is 17.0 Å². The molecule has 2 aromatic carbocycles. The molecule has 0 bridgehead atoms. The average Bonchev–Trinajstić information content (AvgIpc) is 3.32. The van der Waals surface area contributed by atoms with Crippen molar-refractivity contribution < 1.29 is 14.1 Å². The Kier molecular flexibility index (Phi) is 5.63. The van der Waals surface area contributed by atoms with Crippen LogP contribution in [-0.4, -0.2) is 16.0 Å². The third-order valence-electron chi connectivity index (χ3n) is 4.72. The van der Waals surface area contributed by atoms with E-state index in [0.717, 1.165) is 39.0 Å². The highest BCUT2D eigenvalue weighted by molar-refractivity contribution is 7.09. The Morgan fingerprint density at radius 3 is 2.60 bits per heavy atom. The second kappa shape index (κ2) is 8.51. The number of benzene rings is 2. The van der Waals surface area contributed by atoms with Gasteiger partial charge in [-0.2, -0.15) is 0 Å². The average molecular weight is 420 g/mol. The van der Waals surface area contributed by atoms with Crippen LogP contribution in [0.15, 0.2) is 58.4 Å². The van der Waals surface area contributed by atoms with Crippen LogP contribution in [0.25, 0.3) is 11.3 Å². The highest BCUT2D eigenvalue weighted by Crippen LogP contribution is 2.25. The molecule has 4 rings (SSSR count). The third kappa shape index (κ3) is 4.41. The maximum absolute atomic E-state index is 12.6. The maximum atomic E-state index is 12.6. The number of nitrogens with one attached hydrogen (secondary N) is 1. The van der Waals surface area contributed by atoms with Gasteiger partial charge in [0.1, 0.15) is 18.1 Å². The summed E-state index contributed by atoms with van der Waals surface area (Å²) < 4.78 is 10.9. The quantitative estimate of drug-likeness (QED) is 0.443. The molecular weight excluding hydrogens is 398 g/mol. The number of thiazole rings is 1. The van der Waals surface area contributed by atoms with Gasteiger partial charge in [0.15, 0.2) is 0 Å². The first-order valence-corrected chi connectivity index (χ1v) is 10.4. The number of ether oxygens (including phenoxy) is 1. The largest absolute Gasteiger partial charge is 0.489 e. The number of aryl methyl sites for hydroxylation is 3. The molecule has 0 aliphatic carbocycles. The van der Waals surface area contributed by atoms with Gasteiger partial charge >= 0.3 is 0 Å². The molecule has 0 spiro atoms. The first-order chi connectivity index (χ1) is 14.5. The van der Waals surface area contributed by atoms with Gasteiger partial charge in [-0.25, -0.2) is 4.98 Å². The van der Waals surface area contributed by atoms with Crippen LogP contribution < -0.4 is 10.1 Å². The highest BCUT2D eigenvalue weighted by Gasteiger charge is 2.11. The third-order valence-corrected chi connectivity index (χ3v) is 5.49. The molecular formula is C23H21N3O3S. The highest BCUT2D eigenvalue weighted by atomic mass is 32.1. The van der Waals surface area contributed by atoms with Crippen molar-refractivity contribution in [2.24, 2.45) is 0 Å². The van der Waals surface area contributed by atoms with E-state index in [1.54, 1.807) is 35.6 Å². The topological polar surface area (TPSA) is 77.2 Å². The van der Waals surface area contributed by atoms with Gasteiger partial charge in [0.05, 0.1) is 22.0 Å². The Morgan fingerprint density at radius 2 is 1.93 bits per heavy atom. The Bertz CT molecular complexity index is 1160. The Balaban J connectivity index is 1.40.